The lowest BCUT2D eigenvalue weighted by Gasteiger charge is -2.17. The molecule has 11 heteroatoms. The van der Waals surface area contributed by atoms with E-state index in [0.717, 1.165) is 11.1 Å². The summed E-state index contributed by atoms with van der Waals surface area (Å²) in [6.07, 6.45) is -0.0662. The van der Waals surface area contributed by atoms with E-state index in [0.29, 0.717) is 60.1 Å². The number of rotatable bonds is 14. The van der Waals surface area contributed by atoms with Gasteiger partial charge in [-0.15, -0.1) is 0 Å². The third kappa shape index (κ3) is 9.88. The Morgan fingerprint density at radius 3 is 1.36 bits per heavy atom. The Labute approximate surface area is 261 Å². The Balaban J connectivity index is 1.64. The minimum atomic E-state index is -0.605. The number of ether oxygens (including phenoxy) is 5. The highest BCUT2D eigenvalue weighted by Crippen LogP contribution is 2.41. The second kappa shape index (κ2) is 16.6. The summed E-state index contributed by atoms with van der Waals surface area (Å²) < 4.78 is 26.9. The van der Waals surface area contributed by atoms with Crippen LogP contribution in [0.15, 0.2) is 84.9 Å². The molecule has 0 saturated heterocycles. The number of amides is 2. The van der Waals surface area contributed by atoms with Crippen molar-refractivity contribution < 1.29 is 43.5 Å². The summed E-state index contributed by atoms with van der Waals surface area (Å²) in [7, 11) is 3.16. The predicted molar refractivity (Wildman–Crippen MR) is 170 cm³/mol. The van der Waals surface area contributed by atoms with Gasteiger partial charge >= 0.3 is 12.2 Å². The van der Waals surface area contributed by atoms with Crippen molar-refractivity contribution in [3.8, 4) is 45.3 Å². The zero-order valence-corrected chi connectivity index (χ0v) is 25.1. The first-order valence-electron chi connectivity index (χ1n) is 14.3. The second-order valence-electron chi connectivity index (χ2n) is 9.83. The number of carbonyl (C=O) groups excluding carboxylic acids is 2. The molecule has 11 nitrogen and oxygen atoms in total. The number of aromatic hydroxyl groups is 2. The molecule has 2 amide bonds. The van der Waals surface area contributed by atoms with E-state index in [1.807, 2.05) is 0 Å². The fourth-order valence-corrected chi connectivity index (χ4v) is 4.29. The molecule has 0 heterocycles. The van der Waals surface area contributed by atoms with Gasteiger partial charge in [0.1, 0.15) is 23.0 Å². The number of benzene rings is 4. The van der Waals surface area contributed by atoms with E-state index in [9.17, 15) is 19.8 Å². The van der Waals surface area contributed by atoms with Gasteiger partial charge in [0.25, 0.3) is 0 Å². The number of hydrogen-bond donors (Lipinski definition) is 4. The highest BCUT2D eigenvalue weighted by Gasteiger charge is 2.16. The lowest BCUT2D eigenvalue weighted by molar-refractivity contribution is 0.134. The molecule has 236 valence electrons. The van der Waals surface area contributed by atoms with E-state index in [-0.39, 0.29) is 24.7 Å². The molecule has 4 aromatic carbocycles. The second-order valence-corrected chi connectivity index (χ2v) is 9.83. The SMILES string of the molecule is COCCCOC(=O)Nc1ccc(Oc2ccc(NC(=O)OCCCOC)cc2-c2ccc(O)cc2)c(-c2ccc(O)cc2)c1. The van der Waals surface area contributed by atoms with Crippen LogP contribution in [0.3, 0.4) is 0 Å². The topological polar surface area (TPSA) is 145 Å². The van der Waals surface area contributed by atoms with Crippen molar-refractivity contribution >= 4 is 23.6 Å². The summed E-state index contributed by atoms with van der Waals surface area (Å²) in [5, 5.41) is 25.2. The lowest BCUT2D eigenvalue weighted by atomic mass is 10.0. The van der Waals surface area contributed by atoms with Gasteiger partial charge in [0.15, 0.2) is 0 Å². The average Bonchev–Trinajstić information content (AvgIpc) is 3.04. The highest BCUT2D eigenvalue weighted by atomic mass is 16.6. The molecule has 0 unspecified atom stereocenters. The van der Waals surface area contributed by atoms with Gasteiger partial charge in [0.05, 0.1) is 13.2 Å². The van der Waals surface area contributed by atoms with Crippen LogP contribution in [-0.2, 0) is 18.9 Å². The maximum absolute atomic E-state index is 12.4. The molecule has 0 aromatic heterocycles. The third-order valence-corrected chi connectivity index (χ3v) is 6.48. The van der Waals surface area contributed by atoms with Gasteiger partial charge in [-0.05, 0) is 71.8 Å². The summed E-state index contributed by atoms with van der Waals surface area (Å²) in [6, 6.07) is 23.4. The Morgan fingerprint density at radius 1 is 0.578 bits per heavy atom. The van der Waals surface area contributed by atoms with Gasteiger partial charge in [-0.3, -0.25) is 10.6 Å². The van der Waals surface area contributed by atoms with Crippen LogP contribution in [0.25, 0.3) is 22.3 Å². The molecule has 0 spiro atoms. The van der Waals surface area contributed by atoms with Crippen LogP contribution in [0.5, 0.6) is 23.0 Å². The van der Waals surface area contributed by atoms with E-state index >= 15 is 0 Å². The van der Waals surface area contributed by atoms with Crippen LogP contribution < -0.4 is 15.4 Å². The zero-order valence-electron chi connectivity index (χ0n) is 25.1. The molecule has 0 radical (unpaired) electrons. The molecule has 4 N–H and O–H groups in total. The Kier molecular flexibility index (Phi) is 12.0. The molecule has 45 heavy (non-hydrogen) atoms. The molecule has 0 atom stereocenters. The number of hydrogen-bond acceptors (Lipinski definition) is 9. The third-order valence-electron chi connectivity index (χ3n) is 6.48. The minimum Gasteiger partial charge on any atom is -0.508 e. The summed E-state index contributed by atoms with van der Waals surface area (Å²) in [5.41, 5.74) is 3.66. The van der Waals surface area contributed by atoms with Crippen LogP contribution in [-0.4, -0.2) is 63.0 Å². The summed E-state index contributed by atoms with van der Waals surface area (Å²) >= 11 is 0. The number of anilines is 2. The first-order valence-corrected chi connectivity index (χ1v) is 14.3. The van der Waals surface area contributed by atoms with Gasteiger partial charge in [0.2, 0.25) is 0 Å². The van der Waals surface area contributed by atoms with Crippen LogP contribution in [0.2, 0.25) is 0 Å². The number of methoxy groups -OCH3 is 2. The van der Waals surface area contributed by atoms with Gasteiger partial charge in [-0.2, -0.15) is 0 Å². The molecular formula is C34H36N2O9. The number of phenolic OH excluding ortho intramolecular Hbond substituents is 2. The van der Waals surface area contributed by atoms with Crippen LogP contribution in [0, 0.1) is 0 Å². The van der Waals surface area contributed by atoms with E-state index in [1.165, 1.54) is 0 Å². The van der Waals surface area contributed by atoms with Crippen molar-refractivity contribution in [2.45, 2.75) is 12.8 Å². The lowest BCUT2D eigenvalue weighted by Crippen LogP contribution is -2.15. The quantitative estimate of drug-likeness (QED) is 0.107. The summed E-state index contributed by atoms with van der Waals surface area (Å²) in [6.45, 7) is 1.38. The van der Waals surface area contributed by atoms with Crippen LogP contribution in [0.1, 0.15) is 12.8 Å². The maximum Gasteiger partial charge on any atom is 0.411 e. The standard InChI is InChI=1S/C34H36N2O9/c1-41-17-3-19-43-33(39)35-25-9-15-31(29(21-25)23-5-11-27(37)12-6-23)45-32-16-10-26(36-34(40)44-20-4-18-42-2)22-30(32)24-7-13-28(38)14-8-24/h5-16,21-22,37-38H,3-4,17-20H2,1-2H3,(H,35,39)(H,36,40). The predicted octanol–water partition coefficient (Wildman–Crippen LogP) is 7.39. The van der Waals surface area contributed by atoms with Gasteiger partial charge in [-0.25, -0.2) is 9.59 Å². The van der Waals surface area contributed by atoms with Crippen molar-refractivity contribution in [2.24, 2.45) is 0 Å². The van der Waals surface area contributed by atoms with E-state index < -0.39 is 12.2 Å². The van der Waals surface area contributed by atoms with Crippen molar-refractivity contribution in [3.05, 3.63) is 84.9 Å². The largest absolute Gasteiger partial charge is 0.508 e. The normalized spacial score (nSPS) is 10.6. The molecule has 4 aromatic rings. The molecule has 0 aliphatic carbocycles. The summed E-state index contributed by atoms with van der Waals surface area (Å²) in [4.78, 5) is 24.7. The van der Waals surface area contributed by atoms with Crippen molar-refractivity contribution in [3.63, 3.8) is 0 Å². The number of phenols is 2. The van der Waals surface area contributed by atoms with Crippen molar-refractivity contribution in [2.75, 3.05) is 51.3 Å². The number of nitrogens with one attached hydrogen (secondary N) is 2. The smallest absolute Gasteiger partial charge is 0.411 e. The highest BCUT2D eigenvalue weighted by molar-refractivity contribution is 5.88. The van der Waals surface area contributed by atoms with E-state index in [2.05, 4.69) is 10.6 Å². The van der Waals surface area contributed by atoms with Crippen LogP contribution in [0.4, 0.5) is 21.0 Å². The minimum absolute atomic E-state index is 0.102. The monoisotopic (exact) mass is 616 g/mol. The van der Waals surface area contributed by atoms with E-state index in [1.54, 1.807) is 99.1 Å². The molecule has 0 fully saturated rings. The van der Waals surface area contributed by atoms with Gasteiger partial charge in [0, 0.05) is 62.8 Å². The Morgan fingerprint density at radius 2 is 0.978 bits per heavy atom. The molecule has 4 rings (SSSR count). The van der Waals surface area contributed by atoms with E-state index in [4.69, 9.17) is 23.7 Å². The first-order chi connectivity index (χ1) is 21.9. The summed E-state index contributed by atoms with van der Waals surface area (Å²) in [5.74, 6) is 1.12. The first kappa shape index (κ1) is 32.6. The fourth-order valence-electron chi connectivity index (χ4n) is 4.29. The molecule has 0 aliphatic rings. The van der Waals surface area contributed by atoms with Crippen molar-refractivity contribution in [1.29, 1.82) is 0 Å². The van der Waals surface area contributed by atoms with Gasteiger partial charge in [-0.1, -0.05) is 24.3 Å². The molecule has 0 aliphatic heterocycles. The molecule has 0 saturated carbocycles. The average molecular weight is 617 g/mol. The zero-order chi connectivity index (χ0) is 32.0. The van der Waals surface area contributed by atoms with Crippen molar-refractivity contribution in [1.82, 2.24) is 0 Å². The van der Waals surface area contributed by atoms with Gasteiger partial charge < -0.3 is 33.9 Å². The fraction of sp³-hybridized carbons (Fsp3) is 0.235. The number of carbonyl (C=O) groups is 2. The molecular weight excluding hydrogens is 580 g/mol. The Bertz CT molecular complexity index is 1440. The van der Waals surface area contributed by atoms with Crippen LogP contribution >= 0.6 is 0 Å². The molecule has 0 bridgehead atoms. The Hall–Kier alpha value is -5.26. The maximum atomic E-state index is 12.4.